The third-order valence-electron chi connectivity index (χ3n) is 4.69. The molecule has 3 aliphatic heterocycles. The quantitative estimate of drug-likeness (QED) is 0.920. The van der Waals surface area contributed by atoms with Crippen LogP contribution in [0.15, 0.2) is 18.2 Å². The van der Waals surface area contributed by atoms with Crippen molar-refractivity contribution in [3.05, 3.63) is 29.3 Å². The van der Waals surface area contributed by atoms with Crippen LogP contribution in [-0.4, -0.2) is 43.1 Å². The van der Waals surface area contributed by atoms with Gasteiger partial charge in [-0.2, -0.15) is 0 Å². The summed E-state index contributed by atoms with van der Waals surface area (Å²) in [7, 11) is 0. The minimum absolute atomic E-state index is 0.00581. The molecule has 1 amide bonds. The lowest BCUT2D eigenvalue weighted by molar-refractivity contribution is -0.125. The normalized spacial score (nSPS) is 27.4. The fraction of sp³-hybridized carbons (Fsp3) is 0.588. The highest BCUT2D eigenvalue weighted by Gasteiger charge is 2.34. The van der Waals surface area contributed by atoms with Gasteiger partial charge in [0.2, 0.25) is 0 Å². The number of nitrogens with zero attached hydrogens (tertiary/aromatic N) is 1. The Labute approximate surface area is 126 Å². The maximum atomic E-state index is 12.1. The number of ether oxygens (including phenoxy) is 1. The molecule has 3 aliphatic rings. The van der Waals surface area contributed by atoms with E-state index in [-0.39, 0.29) is 12.5 Å². The van der Waals surface area contributed by atoms with Gasteiger partial charge >= 0.3 is 0 Å². The largest absolute Gasteiger partial charge is 0.484 e. The molecule has 1 aromatic rings. The first-order valence-corrected chi connectivity index (χ1v) is 7.83. The van der Waals surface area contributed by atoms with Gasteiger partial charge < -0.3 is 15.0 Å². The highest BCUT2D eigenvalue weighted by Crippen LogP contribution is 2.27. The van der Waals surface area contributed by atoms with E-state index in [2.05, 4.69) is 23.2 Å². The summed E-state index contributed by atoms with van der Waals surface area (Å²) in [5, 5.41) is 3.15. The van der Waals surface area contributed by atoms with Crippen molar-refractivity contribution in [3.63, 3.8) is 0 Å². The van der Waals surface area contributed by atoms with E-state index in [0.29, 0.717) is 12.0 Å². The number of piperidine rings is 3. The average Bonchev–Trinajstić information content (AvgIpc) is 2.47. The first-order chi connectivity index (χ1) is 10.1. The summed E-state index contributed by atoms with van der Waals surface area (Å²) < 4.78 is 5.65. The number of fused-ring (bicyclic) bond motifs is 3. The molecule has 0 radical (unpaired) electrons. The number of benzene rings is 1. The van der Waals surface area contributed by atoms with E-state index in [4.69, 9.17) is 4.74 Å². The number of nitrogens with one attached hydrogen (secondary N) is 1. The predicted molar refractivity (Wildman–Crippen MR) is 82.5 cm³/mol. The molecule has 3 heterocycles. The Balaban J connectivity index is 1.50. The third-order valence-corrected chi connectivity index (χ3v) is 4.69. The highest BCUT2D eigenvalue weighted by atomic mass is 16.5. The zero-order chi connectivity index (χ0) is 14.8. The molecular weight excluding hydrogens is 264 g/mol. The van der Waals surface area contributed by atoms with Crippen LogP contribution < -0.4 is 10.1 Å². The van der Waals surface area contributed by atoms with Gasteiger partial charge in [0.25, 0.3) is 5.91 Å². The Morgan fingerprint density at radius 3 is 2.71 bits per heavy atom. The average molecular weight is 288 g/mol. The molecule has 114 valence electrons. The number of rotatable bonds is 4. The molecule has 1 atom stereocenters. The summed E-state index contributed by atoms with van der Waals surface area (Å²) in [6, 6.07) is 6.32. The van der Waals surface area contributed by atoms with E-state index in [1.54, 1.807) is 0 Å². The van der Waals surface area contributed by atoms with Gasteiger partial charge in [-0.1, -0.05) is 17.7 Å². The lowest BCUT2D eigenvalue weighted by Crippen LogP contribution is -2.57. The van der Waals surface area contributed by atoms with E-state index in [1.807, 2.05) is 19.1 Å². The molecule has 3 saturated heterocycles. The van der Waals surface area contributed by atoms with E-state index in [1.165, 1.54) is 31.5 Å². The summed E-state index contributed by atoms with van der Waals surface area (Å²) in [5.41, 5.74) is 2.28. The molecule has 4 nitrogen and oxygen atoms in total. The Bertz CT molecular complexity index is 522. The van der Waals surface area contributed by atoms with E-state index < -0.39 is 0 Å². The van der Waals surface area contributed by atoms with Crippen molar-refractivity contribution in [3.8, 4) is 5.75 Å². The van der Waals surface area contributed by atoms with Crippen LogP contribution in [0.2, 0.25) is 0 Å². The van der Waals surface area contributed by atoms with Crippen LogP contribution in [0, 0.1) is 19.8 Å². The Hall–Kier alpha value is -1.55. The molecule has 1 aromatic carbocycles. The fourth-order valence-corrected chi connectivity index (χ4v) is 3.48. The second-order valence-electron chi connectivity index (χ2n) is 6.37. The van der Waals surface area contributed by atoms with Crippen LogP contribution in [0.3, 0.4) is 0 Å². The Morgan fingerprint density at radius 1 is 1.33 bits per heavy atom. The van der Waals surface area contributed by atoms with Crippen molar-refractivity contribution < 1.29 is 9.53 Å². The molecular formula is C17H24N2O2. The van der Waals surface area contributed by atoms with Crippen LogP contribution in [0.1, 0.15) is 24.0 Å². The topological polar surface area (TPSA) is 41.6 Å². The molecule has 0 aromatic heterocycles. The van der Waals surface area contributed by atoms with Crippen LogP contribution >= 0.6 is 0 Å². The number of hydrogen-bond acceptors (Lipinski definition) is 3. The van der Waals surface area contributed by atoms with Gasteiger partial charge in [-0.25, -0.2) is 0 Å². The SMILES string of the molecule is Cc1ccc(OCC(=O)NC2CN3CCC2CC3)c(C)c1. The van der Waals surface area contributed by atoms with Crippen molar-refractivity contribution in [2.24, 2.45) is 5.92 Å². The van der Waals surface area contributed by atoms with E-state index >= 15 is 0 Å². The summed E-state index contributed by atoms with van der Waals surface area (Å²) in [6.07, 6.45) is 2.42. The zero-order valence-corrected chi connectivity index (χ0v) is 12.9. The minimum atomic E-state index is -0.00581. The molecule has 3 fully saturated rings. The van der Waals surface area contributed by atoms with E-state index in [9.17, 15) is 4.79 Å². The standard InChI is InChI=1S/C17H24N2O2/c1-12-3-4-16(13(2)9-12)21-11-17(20)18-15-10-19-7-5-14(15)6-8-19/h3-4,9,14-15H,5-8,10-11H2,1-2H3,(H,18,20). The predicted octanol–water partition coefficient (Wildman–Crippen LogP) is 1.89. The molecule has 21 heavy (non-hydrogen) atoms. The summed E-state index contributed by atoms with van der Waals surface area (Å²) in [5.74, 6) is 1.44. The highest BCUT2D eigenvalue weighted by molar-refractivity contribution is 5.78. The lowest BCUT2D eigenvalue weighted by Gasteiger charge is -2.44. The summed E-state index contributed by atoms with van der Waals surface area (Å²) >= 11 is 0. The Kier molecular flexibility index (Phi) is 4.15. The number of carbonyl (C=O) groups excluding carboxylic acids is 1. The summed E-state index contributed by atoms with van der Waals surface area (Å²) in [4.78, 5) is 14.5. The minimum Gasteiger partial charge on any atom is -0.484 e. The monoisotopic (exact) mass is 288 g/mol. The van der Waals surface area contributed by atoms with Crippen molar-refractivity contribution in [2.75, 3.05) is 26.2 Å². The lowest BCUT2D eigenvalue weighted by atomic mass is 9.84. The van der Waals surface area contributed by atoms with Crippen LogP contribution in [0.25, 0.3) is 0 Å². The van der Waals surface area contributed by atoms with Gasteiger partial charge in [0.1, 0.15) is 5.75 Å². The number of aryl methyl sites for hydroxylation is 2. The third kappa shape index (κ3) is 3.38. The Morgan fingerprint density at radius 2 is 2.10 bits per heavy atom. The first-order valence-electron chi connectivity index (χ1n) is 7.83. The number of carbonyl (C=O) groups is 1. The molecule has 0 saturated carbocycles. The van der Waals surface area contributed by atoms with Crippen molar-refractivity contribution in [1.82, 2.24) is 10.2 Å². The first kappa shape index (κ1) is 14.4. The molecule has 4 heteroatoms. The van der Waals surface area contributed by atoms with E-state index in [0.717, 1.165) is 17.9 Å². The summed E-state index contributed by atoms with van der Waals surface area (Å²) in [6.45, 7) is 7.55. The second-order valence-corrected chi connectivity index (χ2v) is 6.37. The fourth-order valence-electron chi connectivity index (χ4n) is 3.48. The molecule has 2 bridgehead atoms. The van der Waals surface area contributed by atoms with Crippen LogP contribution in [0.5, 0.6) is 5.75 Å². The van der Waals surface area contributed by atoms with Gasteiger partial charge in [0.05, 0.1) is 0 Å². The molecule has 0 spiro atoms. The van der Waals surface area contributed by atoms with Gasteiger partial charge in [-0.15, -0.1) is 0 Å². The van der Waals surface area contributed by atoms with Crippen molar-refractivity contribution >= 4 is 5.91 Å². The zero-order valence-electron chi connectivity index (χ0n) is 12.9. The molecule has 4 rings (SSSR count). The maximum absolute atomic E-state index is 12.1. The maximum Gasteiger partial charge on any atom is 0.258 e. The van der Waals surface area contributed by atoms with Crippen LogP contribution in [-0.2, 0) is 4.79 Å². The van der Waals surface area contributed by atoms with Crippen LogP contribution in [0.4, 0.5) is 0 Å². The second kappa shape index (κ2) is 6.06. The van der Waals surface area contributed by atoms with Crippen molar-refractivity contribution in [2.45, 2.75) is 32.7 Å². The number of hydrogen-bond donors (Lipinski definition) is 1. The van der Waals surface area contributed by atoms with Gasteiger partial charge in [0.15, 0.2) is 6.61 Å². The van der Waals surface area contributed by atoms with Gasteiger partial charge in [0, 0.05) is 12.6 Å². The number of amides is 1. The molecule has 1 N–H and O–H groups in total. The van der Waals surface area contributed by atoms with Crippen molar-refractivity contribution in [1.29, 1.82) is 0 Å². The smallest absolute Gasteiger partial charge is 0.258 e. The van der Waals surface area contributed by atoms with Gasteiger partial charge in [-0.3, -0.25) is 4.79 Å². The molecule has 0 aliphatic carbocycles. The molecule has 1 unspecified atom stereocenters. The van der Waals surface area contributed by atoms with Gasteiger partial charge in [-0.05, 0) is 57.3 Å².